The van der Waals surface area contributed by atoms with Crippen molar-refractivity contribution in [2.45, 2.75) is 262 Å². The third-order valence-electron chi connectivity index (χ3n) is 12.7. The Morgan fingerprint density at radius 2 is 0.899 bits per heavy atom. The average molecular weight is 966 g/mol. The van der Waals surface area contributed by atoms with Gasteiger partial charge in [-0.3, -0.25) is 4.79 Å². The molecular weight excluding hydrogens is 863 g/mol. The zero-order valence-corrected chi connectivity index (χ0v) is 43.8. The minimum atomic E-state index is -1.57. The molecule has 1 saturated heterocycles. The van der Waals surface area contributed by atoms with Crippen LogP contribution in [0.25, 0.3) is 0 Å². The highest BCUT2D eigenvalue weighted by atomic mass is 16.7. The van der Waals surface area contributed by atoms with Gasteiger partial charge in [0, 0.05) is 6.42 Å². The van der Waals surface area contributed by atoms with E-state index in [1.54, 1.807) is 6.08 Å². The van der Waals surface area contributed by atoms with Crippen LogP contribution in [0.5, 0.6) is 0 Å². The van der Waals surface area contributed by atoms with Crippen molar-refractivity contribution < 1.29 is 39.8 Å². The van der Waals surface area contributed by atoms with E-state index in [2.05, 4.69) is 104 Å². The Hall–Kier alpha value is -2.89. The van der Waals surface area contributed by atoms with Crippen LogP contribution in [0.15, 0.2) is 97.2 Å². The molecule has 0 aliphatic carbocycles. The standard InChI is InChI=1S/C60H103NO8/c1-3-5-7-9-10-11-12-13-14-15-16-17-18-19-20-21-22-23-24-25-26-27-28-29-30-31-32-33-34-35-36-37-38-39-40-41-42-43-44-46-48-50-56(64)61-53(54(63)49-47-45-8-6-4-2)52-68-60-59(67)58(66)57(65)55(51-62)69-60/h5,7,10-11,13-14,16-17,19-20,22-23,25-26,47,49,53-55,57-60,62-63,65-67H,3-4,6,8-9,12,15,18,21,24,27-46,48,50-52H2,1-2H3,(H,61,64)/b7-5-,11-10-,14-13-,17-16-,20-19-,23-22-,26-25-,49-47+. The van der Waals surface area contributed by atoms with Crippen molar-refractivity contribution in [2.75, 3.05) is 13.2 Å². The number of nitrogens with one attached hydrogen (secondary N) is 1. The molecule has 9 nitrogen and oxygen atoms in total. The number of hydrogen-bond acceptors (Lipinski definition) is 8. The van der Waals surface area contributed by atoms with Gasteiger partial charge in [0.05, 0.1) is 25.4 Å². The molecule has 0 aromatic heterocycles. The van der Waals surface area contributed by atoms with Crippen molar-refractivity contribution in [3.63, 3.8) is 0 Å². The predicted molar refractivity (Wildman–Crippen MR) is 290 cm³/mol. The first-order valence-electron chi connectivity index (χ1n) is 28.0. The highest BCUT2D eigenvalue weighted by molar-refractivity contribution is 5.76. The van der Waals surface area contributed by atoms with Crippen LogP contribution >= 0.6 is 0 Å². The molecule has 0 aromatic carbocycles. The Balaban J connectivity index is 1.97. The van der Waals surface area contributed by atoms with Crippen molar-refractivity contribution >= 4 is 5.91 Å². The summed E-state index contributed by atoms with van der Waals surface area (Å²) in [5.74, 6) is -0.186. The second-order valence-corrected chi connectivity index (χ2v) is 19.0. The van der Waals surface area contributed by atoms with Crippen molar-refractivity contribution in [1.82, 2.24) is 5.32 Å². The Morgan fingerprint density at radius 1 is 0.507 bits per heavy atom. The summed E-state index contributed by atoms with van der Waals surface area (Å²) in [7, 11) is 0. The molecule has 0 bridgehead atoms. The first kappa shape index (κ1) is 64.1. The Bertz CT molecular complexity index is 1400. The smallest absolute Gasteiger partial charge is 0.220 e. The summed E-state index contributed by atoms with van der Waals surface area (Å²) in [5, 5.41) is 53.8. The van der Waals surface area contributed by atoms with Crippen LogP contribution in [-0.2, 0) is 14.3 Å². The normalized spacial score (nSPS) is 20.2. The van der Waals surface area contributed by atoms with E-state index in [1.807, 2.05) is 6.08 Å². The van der Waals surface area contributed by atoms with Gasteiger partial charge < -0.3 is 40.3 Å². The summed E-state index contributed by atoms with van der Waals surface area (Å²) >= 11 is 0. The lowest BCUT2D eigenvalue weighted by atomic mass is 9.99. The monoisotopic (exact) mass is 966 g/mol. The summed E-state index contributed by atoms with van der Waals surface area (Å²) in [6, 6.07) is -0.803. The van der Waals surface area contributed by atoms with Crippen LogP contribution in [0.4, 0.5) is 0 Å². The van der Waals surface area contributed by atoms with Crippen LogP contribution < -0.4 is 5.32 Å². The van der Waals surface area contributed by atoms with Crippen molar-refractivity contribution in [1.29, 1.82) is 0 Å². The third-order valence-corrected chi connectivity index (χ3v) is 12.7. The largest absolute Gasteiger partial charge is 0.394 e. The zero-order chi connectivity index (χ0) is 50.1. The minimum Gasteiger partial charge on any atom is -0.394 e. The van der Waals surface area contributed by atoms with E-state index in [4.69, 9.17) is 9.47 Å². The van der Waals surface area contributed by atoms with Gasteiger partial charge in [-0.15, -0.1) is 0 Å². The molecule has 0 aromatic rings. The van der Waals surface area contributed by atoms with Gasteiger partial charge in [0.2, 0.25) is 5.91 Å². The Labute approximate surface area is 422 Å². The lowest BCUT2D eigenvalue weighted by Crippen LogP contribution is -2.60. The topological polar surface area (TPSA) is 149 Å². The van der Waals surface area contributed by atoms with Crippen LogP contribution in [0, 0.1) is 0 Å². The van der Waals surface area contributed by atoms with E-state index in [1.165, 1.54) is 109 Å². The fourth-order valence-corrected chi connectivity index (χ4v) is 8.25. The number of carbonyl (C=O) groups excluding carboxylic acids is 1. The second kappa shape index (κ2) is 48.7. The quantitative estimate of drug-likeness (QED) is 0.0261. The molecule has 7 unspecified atom stereocenters. The first-order chi connectivity index (χ1) is 33.8. The lowest BCUT2D eigenvalue weighted by Gasteiger charge is -2.40. The molecule has 1 aliphatic heterocycles. The molecule has 69 heavy (non-hydrogen) atoms. The van der Waals surface area contributed by atoms with E-state index in [9.17, 15) is 30.3 Å². The van der Waals surface area contributed by atoms with Gasteiger partial charge in [-0.1, -0.05) is 233 Å². The molecular formula is C60H103NO8. The fourth-order valence-electron chi connectivity index (χ4n) is 8.25. The summed E-state index contributed by atoms with van der Waals surface area (Å²) in [4.78, 5) is 12.9. The minimum absolute atomic E-state index is 0.186. The maximum atomic E-state index is 12.9. The number of allylic oxidation sites excluding steroid dienone is 15. The maximum Gasteiger partial charge on any atom is 0.220 e. The van der Waals surface area contributed by atoms with Gasteiger partial charge in [0.25, 0.3) is 0 Å². The molecule has 1 amide bonds. The summed E-state index contributed by atoms with van der Waals surface area (Å²) in [6.07, 6.45) is 64.1. The highest BCUT2D eigenvalue weighted by Gasteiger charge is 2.44. The highest BCUT2D eigenvalue weighted by Crippen LogP contribution is 2.23. The van der Waals surface area contributed by atoms with Crippen LogP contribution in [0.3, 0.4) is 0 Å². The van der Waals surface area contributed by atoms with E-state index < -0.39 is 49.5 Å². The average Bonchev–Trinajstić information content (AvgIpc) is 3.35. The van der Waals surface area contributed by atoms with E-state index in [0.717, 1.165) is 89.9 Å². The second-order valence-electron chi connectivity index (χ2n) is 19.0. The van der Waals surface area contributed by atoms with Crippen molar-refractivity contribution in [3.05, 3.63) is 97.2 Å². The fraction of sp³-hybridized carbons (Fsp3) is 0.717. The molecule has 1 heterocycles. The maximum absolute atomic E-state index is 12.9. The Morgan fingerprint density at radius 3 is 1.33 bits per heavy atom. The number of rotatable bonds is 46. The zero-order valence-electron chi connectivity index (χ0n) is 43.8. The molecule has 0 radical (unpaired) electrons. The van der Waals surface area contributed by atoms with Crippen LogP contribution in [0.1, 0.15) is 219 Å². The molecule has 7 atom stereocenters. The van der Waals surface area contributed by atoms with Crippen LogP contribution in [0.2, 0.25) is 0 Å². The molecule has 0 spiro atoms. The van der Waals surface area contributed by atoms with E-state index in [-0.39, 0.29) is 12.5 Å². The van der Waals surface area contributed by atoms with Gasteiger partial charge in [0.1, 0.15) is 24.4 Å². The number of ether oxygens (including phenoxy) is 2. The molecule has 0 saturated carbocycles. The van der Waals surface area contributed by atoms with Gasteiger partial charge in [-0.05, 0) is 77.0 Å². The molecule has 1 fully saturated rings. The number of hydrogen-bond donors (Lipinski definition) is 6. The van der Waals surface area contributed by atoms with Gasteiger partial charge in [-0.25, -0.2) is 0 Å². The summed E-state index contributed by atoms with van der Waals surface area (Å²) in [6.45, 7) is 3.54. The molecule has 396 valence electrons. The molecule has 1 rings (SSSR count). The molecule has 9 heteroatoms. The number of aliphatic hydroxyl groups is 5. The summed E-state index contributed by atoms with van der Waals surface area (Å²) in [5.41, 5.74) is 0. The number of aliphatic hydroxyl groups excluding tert-OH is 5. The van der Waals surface area contributed by atoms with E-state index in [0.29, 0.717) is 6.42 Å². The van der Waals surface area contributed by atoms with Crippen molar-refractivity contribution in [2.24, 2.45) is 0 Å². The van der Waals surface area contributed by atoms with E-state index >= 15 is 0 Å². The third kappa shape index (κ3) is 38.5. The number of unbranched alkanes of at least 4 members (excludes halogenated alkanes) is 22. The molecule has 6 N–H and O–H groups in total. The van der Waals surface area contributed by atoms with Gasteiger partial charge in [-0.2, -0.15) is 0 Å². The first-order valence-corrected chi connectivity index (χ1v) is 28.0. The predicted octanol–water partition coefficient (Wildman–Crippen LogP) is 13.6. The number of carbonyl (C=O) groups is 1. The Kier molecular flexibility index (Phi) is 45.3. The van der Waals surface area contributed by atoms with Gasteiger partial charge in [0.15, 0.2) is 6.29 Å². The van der Waals surface area contributed by atoms with Crippen LogP contribution in [-0.4, -0.2) is 87.5 Å². The van der Waals surface area contributed by atoms with Gasteiger partial charge >= 0.3 is 0 Å². The number of amides is 1. The SMILES string of the molecule is CC/C=C\C/C=C\C/C=C\C/C=C\C/C=C\C/C=C\C/C=C\CCCCCCCCCCCCCCCCCCCCCC(=O)NC(COC1OC(CO)C(O)C(O)C1O)C(O)/C=C/CCCCC. The van der Waals surface area contributed by atoms with Crippen molar-refractivity contribution in [3.8, 4) is 0 Å². The lowest BCUT2D eigenvalue weighted by molar-refractivity contribution is -0.302. The summed E-state index contributed by atoms with van der Waals surface area (Å²) < 4.78 is 11.1. The molecule has 1 aliphatic rings.